The van der Waals surface area contributed by atoms with Crippen molar-refractivity contribution < 1.29 is 9.45 Å². The van der Waals surface area contributed by atoms with Gasteiger partial charge in [-0.15, -0.1) is 0 Å². The molecule has 0 saturated heterocycles. The van der Waals surface area contributed by atoms with Gasteiger partial charge in [0.1, 0.15) is 5.82 Å². The lowest BCUT2D eigenvalue weighted by molar-refractivity contribution is -0.384. The molecule has 0 saturated carbocycles. The number of nitrogens with one attached hydrogen (secondary N) is 2. The third-order valence-electron chi connectivity index (χ3n) is 2.43. The Balaban J connectivity index is 2.05. The Morgan fingerprint density at radius 1 is 1.45 bits per heavy atom. The number of rotatable bonds is 6. The van der Waals surface area contributed by atoms with E-state index in [4.69, 9.17) is 10.4 Å². The van der Waals surface area contributed by atoms with Crippen LogP contribution >= 0.6 is 0 Å². The van der Waals surface area contributed by atoms with E-state index in [1.54, 1.807) is 6.92 Å². The molecule has 10 heteroatoms. The van der Waals surface area contributed by atoms with Crippen molar-refractivity contribution in [1.82, 2.24) is 15.1 Å². The minimum absolute atomic E-state index is 0.130. The molecule has 20 heavy (non-hydrogen) atoms. The predicted molar refractivity (Wildman–Crippen MR) is 69.9 cm³/mol. The molecular weight excluding hydrogens is 266 g/mol. The smallest absolute Gasteiger partial charge is 0.311 e. The lowest BCUT2D eigenvalue weighted by Gasteiger charge is -2.06. The molecule has 0 spiro atoms. The van der Waals surface area contributed by atoms with E-state index in [0.717, 1.165) is 0 Å². The molecule has 0 aliphatic rings. The van der Waals surface area contributed by atoms with Crippen LogP contribution in [0.15, 0.2) is 16.7 Å². The van der Waals surface area contributed by atoms with E-state index >= 15 is 0 Å². The SMILES string of the molecule is Cc1nc(CCNc2nc(NN)ccc2[N+](=O)[O-])no1. The summed E-state index contributed by atoms with van der Waals surface area (Å²) in [5, 5.41) is 17.5. The second-order valence-corrected chi connectivity index (χ2v) is 3.87. The molecule has 0 unspecified atom stereocenters. The molecule has 2 rings (SSSR count). The van der Waals surface area contributed by atoms with E-state index in [0.29, 0.717) is 30.5 Å². The van der Waals surface area contributed by atoms with Gasteiger partial charge in [0.05, 0.1) is 4.92 Å². The molecule has 2 heterocycles. The average Bonchev–Trinajstić information content (AvgIpc) is 2.84. The van der Waals surface area contributed by atoms with Crippen LogP contribution in [0.2, 0.25) is 0 Å². The van der Waals surface area contributed by atoms with E-state index in [1.807, 2.05) is 0 Å². The van der Waals surface area contributed by atoms with Crippen LogP contribution in [0.5, 0.6) is 0 Å². The molecule has 0 amide bonds. The summed E-state index contributed by atoms with van der Waals surface area (Å²) < 4.78 is 4.83. The van der Waals surface area contributed by atoms with Crippen LogP contribution in [0.1, 0.15) is 11.7 Å². The fourth-order valence-corrected chi connectivity index (χ4v) is 1.55. The van der Waals surface area contributed by atoms with Crippen molar-refractivity contribution in [3.8, 4) is 0 Å². The van der Waals surface area contributed by atoms with Crippen LogP contribution in [-0.4, -0.2) is 26.6 Å². The Hall–Kier alpha value is -2.75. The summed E-state index contributed by atoms with van der Waals surface area (Å²) in [6.45, 7) is 2.06. The van der Waals surface area contributed by atoms with Crippen LogP contribution in [0, 0.1) is 17.0 Å². The summed E-state index contributed by atoms with van der Waals surface area (Å²) in [6, 6.07) is 2.74. The summed E-state index contributed by atoms with van der Waals surface area (Å²) in [6.07, 6.45) is 0.455. The minimum atomic E-state index is -0.520. The predicted octanol–water partition coefficient (Wildman–Crippen LogP) is 0.621. The highest BCUT2D eigenvalue weighted by Crippen LogP contribution is 2.23. The standard InChI is InChI=1S/C10H13N7O3/c1-6-13-9(16-20-6)4-5-12-10-7(17(18)19)2-3-8(14-10)15-11/h2-3H,4-5,11H2,1H3,(H2,12,14,15). The maximum Gasteiger partial charge on any atom is 0.311 e. The second-order valence-electron chi connectivity index (χ2n) is 3.87. The summed E-state index contributed by atoms with van der Waals surface area (Å²) in [4.78, 5) is 18.4. The van der Waals surface area contributed by atoms with Crippen molar-refractivity contribution >= 4 is 17.3 Å². The Bertz CT molecular complexity index is 613. The normalized spacial score (nSPS) is 10.3. The van der Waals surface area contributed by atoms with Crippen LogP contribution in [0.4, 0.5) is 17.3 Å². The van der Waals surface area contributed by atoms with Crippen LogP contribution < -0.4 is 16.6 Å². The molecule has 2 aromatic rings. The van der Waals surface area contributed by atoms with Gasteiger partial charge in [0.15, 0.2) is 5.82 Å². The number of hydrogen-bond acceptors (Lipinski definition) is 9. The van der Waals surface area contributed by atoms with E-state index < -0.39 is 4.92 Å². The van der Waals surface area contributed by atoms with E-state index in [-0.39, 0.29) is 11.5 Å². The van der Waals surface area contributed by atoms with Gasteiger partial charge in [0.2, 0.25) is 11.7 Å². The van der Waals surface area contributed by atoms with E-state index in [9.17, 15) is 10.1 Å². The number of nitrogen functional groups attached to an aromatic ring is 1. The largest absolute Gasteiger partial charge is 0.364 e. The molecule has 106 valence electrons. The number of anilines is 2. The van der Waals surface area contributed by atoms with Gasteiger partial charge in [0.25, 0.3) is 0 Å². The molecule has 10 nitrogen and oxygen atoms in total. The molecule has 0 bridgehead atoms. The number of hydrogen-bond donors (Lipinski definition) is 3. The first-order valence-electron chi connectivity index (χ1n) is 5.75. The Labute approximate surface area is 113 Å². The number of nitrogens with two attached hydrogens (primary N) is 1. The third-order valence-corrected chi connectivity index (χ3v) is 2.43. The van der Waals surface area contributed by atoms with Gasteiger partial charge in [-0.05, 0) is 6.07 Å². The molecule has 2 aromatic heterocycles. The first-order valence-corrected chi connectivity index (χ1v) is 5.75. The number of hydrazine groups is 1. The van der Waals surface area contributed by atoms with Crippen molar-refractivity contribution in [1.29, 1.82) is 0 Å². The molecule has 0 radical (unpaired) electrons. The van der Waals surface area contributed by atoms with Crippen molar-refractivity contribution in [2.24, 2.45) is 5.84 Å². The van der Waals surface area contributed by atoms with Crippen molar-refractivity contribution in [2.45, 2.75) is 13.3 Å². The van der Waals surface area contributed by atoms with Crippen molar-refractivity contribution in [2.75, 3.05) is 17.3 Å². The summed E-state index contributed by atoms with van der Waals surface area (Å²) in [5.74, 6) is 6.67. The number of aromatic nitrogens is 3. The van der Waals surface area contributed by atoms with Crippen molar-refractivity contribution in [3.05, 3.63) is 34.0 Å². The number of nitro groups is 1. The molecule has 0 aliphatic heterocycles. The molecule has 0 aliphatic carbocycles. The molecule has 0 aromatic carbocycles. The van der Waals surface area contributed by atoms with Gasteiger partial charge >= 0.3 is 5.69 Å². The van der Waals surface area contributed by atoms with Gasteiger partial charge in [-0.25, -0.2) is 10.8 Å². The Morgan fingerprint density at radius 3 is 2.85 bits per heavy atom. The Kier molecular flexibility index (Phi) is 4.05. The molecule has 4 N–H and O–H groups in total. The summed E-state index contributed by atoms with van der Waals surface area (Å²) >= 11 is 0. The van der Waals surface area contributed by atoms with Crippen LogP contribution in [0.25, 0.3) is 0 Å². The highest BCUT2D eigenvalue weighted by atomic mass is 16.6. The lowest BCUT2D eigenvalue weighted by atomic mass is 10.3. The van der Waals surface area contributed by atoms with Gasteiger partial charge in [-0.3, -0.25) is 10.1 Å². The summed E-state index contributed by atoms with van der Waals surface area (Å²) in [5.41, 5.74) is 2.20. The zero-order valence-corrected chi connectivity index (χ0v) is 10.7. The fraction of sp³-hybridized carbons (Fsp3) is 0.300. The van der Waals surface area contributed by atoms with Gasteiger partial charge in [-0.1, -0.05) is 5.16 Å². The van der Waals surface area contributed by atoms with E-state index in [2.05, 4.69) is 25.9 Å². The quantitative estimate of drug-likeness (QED) is 0.393. The first kappa shape index (κ1) is 13.7. The van der Waals surface area contributed by atoms with Crippen LogP contribution in [0.3, 0.4) is 0 Å². The molecular formula is C10H13N7O3. The minimum Gasteiger partial charge on any atom is -0.364 e. The van der Waals surface area contributed by atoms with Crippen molar-refractivity contribution in [3.63, 3.8) is 0 Å². The zero-order chi connectivity index (χ0) is 14.5. The van der Waals surface area contributed by atoms with Gasteiger partial charge in [-0.2, -0.15) is 4.98 Å². The average molecular weight is 279 g/mol. The zero-order valence-electron chi connectivity index (χ0n) is 10.7. The highest BCUT2D eigenvalue weighted by molar-refractivity contribution is 5.59. The maximum absolute atomic E-state index is 10.9. The maximum atomic E-state index is 10.9. The molecule has 0 atom stereocenters. The van der Waals surface area contributed by atoms with Crippen LogP contribution in [-0.2, 0) is 6.42 Å². The number of nitrogens with zero attached hydrogens (tertiary/aromatic N) is 4. The second kappa shape index (κ2) is 5.93. The lowest BCUT2D eigenvalue weighted by Crippen LogP contribution is -2.13. The van der Waals surface area contributed by atoms with E-state index in [1.165, 1.54) is 12.1 Å². The summed E-state index contributed by atoms with van der Waals surface area (Å²) in [7, 11) is 0. The van der Waals surface area contributed by atoms with Gasteiger partial charge in [0, 0.05) is 26.0 Å². The monoisotopic (exact) mass is 279 g/mol. The Morgan fingerprint density at radius 2 is 2.25 bits per heavy atom. The third kappa shape index (κ3) is 3.17. The number of pyridine rings is 1. The molecule has 0 fully saturated rings. The topological polar surface area (TPSA) is 145 Å². The number of aryl methyl sites for hydroxylation is 1. The van der Waals surface area contributed by atoms with Gasteiger partial charge < -0.3 is 15.3 Å². The first-order chi connectivity index (χ1) is 9.60. The fourth-order valence-electron chi connectivity index (χ4n) is 1.55. The highest BCUT2D eigenvalue weighted by Gasteiger charge is 2.15.